The number of hydrogen-bond acceptors (Lipinski definition) is 4. The maximum Gasteiger partial charge on any atom is 0.313 e. The molecule has 1 aliphatic carbocycles. The van der Waals surface area contributed by atoms with Gasteiger partial charge < -0.3 is 14.4 Å². The average molecular weight is 306 g/mol. The molecule has 0 saturated heterocycles. The summed E-state index contributed by atoms with van der Waals surface area (Å²) in [7, 11) is 1.65. The first-order valence-corrected chi connectivity index (χ1v) is 8.05. The number of methoxy groups -OCH3 is 1. The lowest BCUT2D eigenvalue weighted by Crippen LogP contribution is -2.18. The van der Waals surface area contributed by atoms with Crippen molar-refractivity contribution in [2.45, 2.75) is 31.0 Å². The number of benzene rings is 1. The number of thioether (sulfide) groups is 1. The SMILES string of the molecule is COc1ccc2nc(SCC(=O)O)n(CC3CCC3)c2c1. The maximum absolute atomic E-state index is 10.8. The van der Waals surface area contributed by atoms with Gasteiger partial charge in [-0.25, -0.2) is 4.98 Å². The largest absolute Gasteiger partial charge is 0.497 e. The van der Waals surface area contributed by atoms with Crippen LogP contribution in [0.15, 0.2) is 23.4 Å². The van der Waals surface area contributed by atoms with Crippen molar-refractivity contribution in [3.8, 4) is 5.75 Å². The average Bonchev–Trinajstić information content (AvgIpc) is 2.77. The number of carbonyl (C=O) groups is 1. The van der Waals surface area contributed by atoms with Crippen molar-refractivity contribution in [1.29, 1.82) is 0 Å². The Morgan fingerprint density at radius 1 is 1.52 bits per heavy atom. The van der Waals surface area contributed by atoms with E-state index >= 15 is 0 Å². The van der Waals surface area contributed by atoms with Gasteiger partial charge in [-0.1, -0.05) is 18.2 Å². The molecule has 1 aliphatic rings. The Balaban J connectivity index is 1.97. The van der Waals surface area contributed by atoms with Gasteiger partial charge in [0.2, 0.25) is 0 Å². The number of ether oxygens (including phenoxy) is 1. The van der Waals surface area contributed by atoms with Crippen LogP contribution in [0.5, 0.6) is 5.75 Å². The summed E-state index contributed by atoms with van der Waals surface area (Å²) in [6.45, 7) is 0.908. The molecule has 2 aromatic rings. The minimum absolute atomic E-state index is 0.0329. The predicted molar refractivity (Wildman–Crippen MR) is 82.0 cm³/mol. The number of nitrogens with zero attached hydrogens (tertiary/aromatic N) is 2. The molecule has 0 radical (unpaired) electrons. The molecule has 1 fully saturated rings. The van der Waals surface area contributed by atoms with Crippen LogP contribution in [0, 0.1) is 5.92 Å². The van der Waals surface area contributed by atoms with E-state index in [9.17, 15) is 4.79 Å². The van der Waals surface area contributed by atoms with Gasteiger partial charge >= 0.3 is 5.97 Å². The summed E-state index contributed by atoms with van der Waals surface area (Å²) in [5.41, 5.74) is 1.91. The van der Waals surface area contributed by atoms with Gasteiger partial charge in [-0.2, -0.15) is 0 Å². The van der Waals surface area contributed by atoms with E-state index in [1.807, 2.05) is 18.2 Å². The number of carboxylic acid groups (broad SMARTS) is 1. The molecule has 0 unspecified atom stereocenters. The van der Waals surface area contributed by atoms with Crippen molar-refractivity contribution in [2.24, 2.45) is 5.92 Å². The van der Waals surface area contributed by atoms with Crippen LogP contribution >= 0.6 is 11.8 Å². The van der Waals surface area contributed by atoms with Gasteiger partial charge in [-0.3, -0.25) is 4.79 Å². The molecule has 0 atom stereocenters. The van der Waals surface area contributed by atoms with Crippen molar-refractivity contribution >= 4 is 28.8 Å². The zero-order valence-electron chi connectivity index (χ0n) is 11.9. The zero-order chi connectivity index (χ0) is 14.8. The van der Waals surface area contributed by atoms with E-state index in [0.29, 0.717) is 5.92 Å². The minimum Gasteiger partial charge on any atom is -0.497 e. The summed E-state index contributed by atoms with van der Waals surface area (Å²) in [4.78, 5) is 15.4. The van der Waals surface area contributed by atoms with Crippen molar-refractivity contribution in [1.82, 2.24) is 9.55 Å². The Kier molecular flexibility index (Phi) is 4.05. The van der Waals surface area contributed by atoms with Crippen LogP contribution in [0.25, 0.3) is 11.0 Å². The third kappa shape index (κ3) is 3.00. The maximum atomic E-state index is 10.8. The van der Waals surface area contributed by atoms with Crippen LogP contribution in [-0.4, -0.2) is 33.5 Å². The summed E-state index contributed by atoms with van der Waals surface area (Å²) in [6.07, 6.45) is 3.78. The van der Waals surface area contributed by atoms with Gasteiger partial charge in [-0.15, -0.1) is 0 Å². The fourth-order valence-electron chi connectivity index (χ4n) is 2.55. The smallest absolute Gasteiger partial charge is 0.313 e. The fourth-order valence-corrected chi connectivity index (χ4v) is 3.30. The normalized spacial score (nSPS) is 15.1. The number of hydrogen-bond donors (Lipinski definition) is 1. The van der Waals surface area contributed by atoms with Crippen LogP contribution in [0.4, 0.5) is 0 Å². The summed E-state index contributed by atoms with van der Waals surface area (Å²) >= 11 is 1.28. The van der Waals surface area contributed by atoms with E-state index in [1.165, 1.54) is 31.0 Å². The van der Waals surface area contributed by atoms with E-state index in [0.717, 1.165) is 28.5 Å². The van der Waals surface area contributed by atoms with Gasteiger partial charge in [0.25, 0.3) is 0 Å². The van der Waals surface area contributed by atoms with Gasteiger partial charge in [0, 0.05) is 12.6 Å². The van der Waals surface area contributed by atoms with Gasteiger partial charge in [-0.05, 0) is 30.9 Å². The predicted octanol–water partition coefficient (Wildman–Crippen LogP) is 3.02. The van der Waals surface area contributed by atoms with E-state index < -0.39 is 5.97 Å². The Hall–Kier alpha value is -1.69. The number of aliphatic carboxylic acids is 1. The molecule has 5 nitrogen and oxygen atoms in total. The molecule has 0 aliphatic heterocycles. The van der Waals surface area contributed by atoms with Crippen LogP contribution in [-0.2, 0) is 11.3 Å². The van der Waals surface area contributed by atoms with E-state index in [2.05, 4.69) is 9.55 Å². The second kappa shape index (κ2) is 5.97. The Morgan fingerprint density at radius 3 is 2.95 bits per heavy atom. The number of rotatable bonds is 6. The van der Waals surface area contributed by atoms with Gasteiger partial charge in [0.05, 0.1) is 23.9 Å². The molecule has 0 amide bonds. The monoisotopic (exact) mass is 306 g/mol. The summed E-state index contributed by atoms with van der Waals surface area (Å²) in [5, 5.41) is 9.67. The topological polar surface area (TPSA) is 64.3 Å². The van der Waals surface area contributed by atoms with Gasteiger partial charge in [0.1, 0.15) is 5.75 Å². The molecular formula is C15H18N2O3S. The molecule has 6 heteroatoms. The third-order valence-electron chi connectivity index (χ3n) is 3.91. The first kappa shape index (κ1) is 14.3. The first-order valence-electron chi connectivity index (χ1n) is 7.06. The Bertz CT molecular complexity index is 664. The highest BCUT2D eigenvalue weighted by Gasteiger charge is 2.21. The second-order valence-electron chi connectivity index (χ2n) is 5.34. The van der Waals surface area contributed by atoms with Crippen LogP contribution in [0.2, 0.25) is 0 Å². The molecule has 1 saturated carbocycles. The van der Waals surface area contributed by atoms with E-state index in [-0.39, 0.29) is 5.75 Å². The summed E-state index contributed by atoms with van der Waals surface area (Å²) in [5.74, 6) is 0.690. The van der Waals surface area contributed by atoms with Crippen LogP contribution < -0.4 is 4.74 Å². The molecule has 1 aromatic heterocycles. The highest BCUT2D eigenvalue weighted by atomic mass is 32.2. The van der Waals surface area contributed by atoms with Crippen molar-refractivity contribution < 1.29 is 14.6 Å². The van der Waals surface area contributed by atoms with E-state index in [1.54, 1.807) is 7.11 Å². The van der Waals surface area contributed by atoms with Crippen LogP contribution in [0.3, 0.4) is 0 Å². The molecule has 0 spiro atoms. The molecule has 0 bridgehead atoms. The lowest BCUT2D eigenvalue weighted by atomic mass is 9.85. The molecule has 112 valence electrons. The standard InChI is InChI=1S/C15H18N2O3S/c1-20-11-5-6-12-13(7-11)17(8-10-3-2-4-10)15(16-12)21-9-14(18)19/h5-7,10H,2-4,8-9H2,1H3,(H,18,19). The molecule has 1 aromatic carbocycles. The highest BCUT2D eigenvalue weighted by Crippen LogP contribution is 2.33. The highest BCUT2D eigenvalue weighted by molar-refractivity contribution is 7.99. The van der Waals surface area contributed by atoms with Crippen molar-refractivity contribution in [2.75, 3.05) is 12.9 Å². The van der Waals surface area contributed by atoms with Gasteiger partial charge in [0.15, 0.2) is 5.16 Å². The molecule has 21 heavy (non-hydrogen) atoms. The number of fused-ring (bicyclic) bond motifs is 1. The lowest BCUT2D eigenvalue weighted by molar-refractivity contribution is -0.133. The summed E-state index contributed by atoms with van der Waals surface area (Å²) in [6, 6.07) is 5.79. The lowest BCUT2D eigenvalue weighted by Gasteiger charge is -2.26. The van der Waals surface area contributed by atoms with Crippen molar-refractivity contribution in [3.63, 3.8) is 0 Å². The zero-order valence-corrected chi connectivity index (χ0v) is 12.7. The molecule has 1 N–H and O–H groups in total. The van der Waals surface area contributed by atoms with Crippen molar-refractivity contribution in [3.05, 3.63) is 18.2 Å². The quantitative estimate of drug-likeness (QED) is 0.831. The Labute approximate surface area is 127 Å². The third-order valence-corrected chi connectivity index (χ3v) is 4.87. The minimum atomic E-state index is -0.820. The number of carboxylic acids is 1. The second-order valence-corrected chi connectivity index (χ2v) is 6.28. The molecule has 3 rings (SSSR count). The fraction of sp³-hybridized carbons (Fsp3) is 0.467. The van der Waals surface area contributed by atoms with Crippen LogP contribution in [0.1, 0.15) is 19.3 Å². The summed E-state index contributed by atoms with van der Waals surface area (Å²) < 4.78 is 7.44. The first-order chi connectivity index (χ1) is 10.2. The number of aromatic nitrogens is 2. The number of imidazole rings is 1. The molecular weight excluding hydrogens is 288 g/mol. The molecule has 1 heterocycles. The Morgan fingerprint density at radius 2 is 2.33 bits per heavy atom. The van der Waals surface area contributed by atoms with E-state index in [4.69, 9.17) is 9.84 Å².